The highest BCUT2D eigenvalue weighted by molar-refractivity contribution is 9.10. The van der Waals surface area contributed by atoms with E-state index in [2.05, 4.69) is 63.1 Å². The molecular weight excluding hydrogens is 290 g/mol. The molecule has 2 heterocycles. The molecule has 2 aliphatic heterocycles. The van der Waals surface area contributed by atoms with Crippen molar-refractivity contribution in [2.75, 3.05) is 36.0 Å². The second-order valence-corrected chi connectivity index (χ2v) is 6.26. The standard InChI is InChI=1S/C14H20BrN3/c1-10(2)18-9-11-8-16-6-7-17(11)13-5-3-4-12(15)14(13)18/h3-5,10-11,16H,6-9H2,1-2H3. The third kappa shape index (κ3) is 1.91. The largest absolute Gasteiger partial charge is 0.364 e. The van der Waals surface area contributed by atoms with Crippen molar-refractivity contribution in [3.63, 3.8) is 0 Å². The summed E-state index contributed by atoms with van der Waals surface area (Å²) in [5.41, 5.74) is 2.75. The summed E-state index contributed by atoms with van der Waals surface area (Å²) in [5, 5.41) is 3.51. The minimum absolute atomic E-state index is 0.534. The highest BCUT2D eigenvalue weighted by Gasteiger charge is 2.34. The van der Waals surface area contributed by atoms with Gasteiger partial charge in [0, 0.05) is 36.7 Å². The van der Waals surface area contributed by atoms with Crippen molar-refractivity contribution in [3.8, 4) is 0 Å². The Balaban J connectivity index is 2.08. The third-order valence-electron chi connectivity index (χ3n) is 3.94. The molecule has 0 saturated carbocycles. The molecule has 0 spiro atoms. The lowest BCUT2D eigenvalue weighted by molar-refractivity contribution is 0.448. The number of halogens is 1. The summed E-state index contributed by atoms with van der Waals surface area (Å²) in [6, 6.07) is 7.68. The van der Waals surface area contributed by atoms with Crippen LogP contribution in [0.4, 0.5) is 11.4 Å². The molecule has 0 bridgehead atoms. The van der Waals surface area contributed by atoms with Gasteiger partial charge in [0.2, 0.25) is 0 Å². The van der Waals surface area contributed by atoms with Crippen LogP contribution in [0, 0.1) is 0 Å². The van der Waals surface area contributed by atoms with Crippen LogP contribution >= 0.6 is 15.9 Å². The number of rotatable bonds is 1. The van der Waals surface area contributed by atoms with Gasteiger partial charge in [-0.15, -0.1) is 0 Å². The number of nitrogens with zero attached hydrogens (tertiary/aromatic N) is 2. The average molecular weight is 310 g/mol. The SMILES string of the molecule is CC(C)N1CC2CNCCN2c2cccc(Br)c21. The van der Waals surface area contributed by atoms with Gasteiger partial charge in [-0.05, 0) is 41.9 Å². The minimum Gasteiger partial charge on any atom is -0.364 e. The fourth-order valence-corrected chi connectivity index (χ4v) is 3.63. The molecule has 3 nitrogen and oxygen atoms in total. The van der Waals surface area contributed by atoms with Crippen LogP contribution in [0.3, 0.4) is 0 Å². The molecule has 98 valence electrons. The van der Waals surface area contributed by atoms with E-state index in [1.54, 1.807) is 0 Å². The van der Waals surface area contributed by atoms with E-state index in [-0.39, 0.29) is 0 Å². The van der Waals surface area contributed by atoms with Crippen LogP contribution in [-0.2, 0) is 0 Å². The molecule has 1 atom stereocenters. The van der Waals surface area contributed by atoms with Crippen LogP contribution in [0.5, 0.6) is 0 Å². The van der Waals surface area contributed by atoms with E-state index < -0.39 is 0 Å². The monoisotopic (exact) mass is 309 g/mol. The topological polar surface area (TPSA) is 18.5 Å². The lowest BCUT2D eigenvalue weighted by atomic mass is 10.0. The molecule has 1 fully saturated rings. The van der Waals surface area contributed by atoms with Gasteiger partial charge in [0.15, 0.2) is 0 Å². The van der Waals surface area contributed by atoms with Crippen LogP contribution < -0.4 is 15.1 Å². The van der Waals surface area contributed by atoms with E-state index >= 15 is 0 Å². The van der Waals surface area contributed by atoms with Crippen LogP contribution in [0.2, 0.25) is 0 Å². The van der Waals surface area contributed by atoms with Gasteiger partial charge in [-0.1, -0.05) is 6.07 Å². The maximum Gasteiger partial charge on any atom is 0.0751 e. The number of para-hydroxylation sites is 1. The van der Waals surface area contributed by atoms with Gasteiger partial charge < -0.3 is 15.1 Å². The lowest BCUT2D eigenvalue weighted by Gasteiger charge is -2.48. The molecule has 1 unspecified atom stereocenters. The molecule has 0 aliphatic carbocycles. The third-order valence-corrected chi connectivity index (χ3v) is 4.58. The molecular formula is C14H20BrN3. The fraction of sp³-hybridized carbons (Fsp3) is 0.571. The normalized spacial score (nSPS) is 23.0. The summed E-state index contributed by atoms with van der Waals surface area (Å²) in [5.74, 6) is 0. The molecule has 18 heavy (non-hydrogen) atoms. The van der Waals surface area contributed by atoms with E-state index in [1.807, 2.05) is 0 Å². The van der Waals surface area contributed by atoms with E-state index in [0.29, 0.717) is 12.1 Å². The molecule has 0 radical (unpaired) electrons. The minimum atomic E-state index is 0.534. The van der Waals surface area contributed by atoms with Gasteiger partial charge in [0.1, 0.15) is 0 Å². The average Bonchev–Trinajstić information content (AvgIpc) is 2.38. The van der Waals surface area contributed by atoms with Crippen molar-refractivity contribution in [1.82, 2.24) is 5.32 Å². The van der Waals surface area contributed by atoms with Crippen molar-refractivity contribution in [1.29, 1.82) is 0 Å². The van der Waals surface area contributed by atoms with Crippen molar-refractivity contribution < 1.29 is 0 Å². The predicted molar refractivity (Wildman–Crippen MR) is 80.6 cm³/mol. The fourth-order valence-electron chi connectivity index (χ4n) is 3.05. The molecule has 2 aliphatic rings. The highest BCUT2D eigenvalue weighted by Crippen LogP contribution is 2.41. The molecule has 1 saturated heterocycles. The summed E-state index contributed by atoms with van der Waals surface area (Å²) >= 11 is 3.72. The van der Waals surface area contributed by atoms with E-state index in [0.717, 1.165) is 26.2 Å². The Morgan fingerprint density at radius 3 is 3.00 bits per heavy atom. The quantitative estimate of drug-likeness (QED) is 0.859. The molecule has 4 heteroatoms. The number of benzene rings is 1. The van der Waals surface area contributed by atoms with Gasteiger partial charge in [-0.2, -0.15) is 0 Å². The van der Waals surface area contributed by atoms with Gasteiger partial charge in [-0.3, -0.25) is 0 Å². The Bertz CT molecular complexity index is 447. The van der Waals surface area contributed by atoms with E-state index in [1.165, 1.54) is 15.8 Å². The summed E-state index contributed by atoms with van der Waals surface area (Å²) in [4.78, 5) is 5.09. The molecule has 0 aromatic heterocycles. The maximum atomic E-state index is 3.72. The van der Waals surface area contributed by atoms with Gasteiger partial charge >= 0.3 is 0 Å². The van der Waals surface area contributed by atoms with Crippen molar-refractivity contribution >= 4 is 27.3 Å². The first kappa shape index (κ1) is 12.3. The number of piperazine rings is 1. The number of fused-ring (bicyclic) bond motifs is 3. The van der Waals surface area contributed by atoms with Gasteiger partial charge in [0.25, 0.3) is 0 Å². The second kappa shape index (κ2) is 4.74. The Labute approximate surface area is 117 Å². The summed E-state index contributed by atoms with van der Waals surface area (Å²) in [6.45, 7) is 8.95. The zero-order valence-electron chi connectivity index (χ0n) is 11.0. The molecule has 3 rings (SSSR count). The maximum absolute atomic E-state index is 3.72. The number of nitrogens with one attached hydrogen (secondary N) is 1. The van der Waals surface area contributed by atoms with Crippen LogP contribution in [0.1, 0.15) is 13.8 Å². The van der Waals surface area contributed by atoms with E-state index in [9.17, 15) is 0 Å². The second-order valence-electron chi connectivity index (χ2n) is 5.41. The first-order valence-corrected chi connectivity index (χ1v) is 7.50. The van der Waals surface area contributed by atoms with Gasteiger partial charge in [0.05, 0.1) is 17.4 Å². The van der Waals surface area contributed by atoms with Crippen molar-refractivity contribution in [2.24, 2.45) is 0 Å². The first-order valence-electron chi connectivity index (χ1n) is 6.71. The number of hydrogen-bond acceptors (Lipinski definition) is 3. The smallest absolute Gasteiger partial charge is 0.0751 e. The molecule has 1 N–H and O–H groups in total. The Kier molecular flexibility index (Phi) is 3.24. The first-order chi connectivity index (χ1) is 8.68. The Hall–Kier alpha value is -0.740. The zero-order chi connectivity index (χ0) is 12.7. The molecule has 1 aromatic carbocycles. The van der Waals surface area contributed by atoms with Crippen molar-refractivity contribution in [2.45, 2.75) is 25.9 Å². The summed E-state index contributed by atoms with van der Waals surface area (Å²) < 4.78 is 1.21. The van der Waals surface area contributed by atoms with Crippen molar-refractivity contribution in [3.05, 3.63) is 22.7 Å². The Morgan fingerprint density at radius 2 is 2.22 bits per heavy atom. The molecule has 0 amide bonds. The number of anilines is 2. The van der Waals surface area contributed by atoms with Crippen LogP contribution in [-0.4, -0.2) is 38.3 Å². The predicted octanol–water partition coefficient (Wildman–Crippen LogP) is 2.46. The zero-order valence-corrected chi connectivity index (χ0v) is 12.6. The number of hydrogen-bond donors (Lipinski definition) is 1. The summed E-state index contributed by atoms with van der Waals surface area (Å²) in [7, 11) is 0. The van der Waals surface area contributed by atoms with Gasteiger partial charge in [-0.25, -0.2) is 0 Å². The van der Waals surface area contributed by atoms with Crippen LogP contribution in [0.15, 0.2) is 22.7 Å². The summed E-state index contributed by atoms with van der Waals surface area (Å²) in [6.07, 6.45) is 0. The Morgan fingerprint density at radius 1 is 1.39 bits per heavy atom. The van der Waals surface area contributed by atoms with Crippen LogP contribution in [0.25, 0.3) is 0 Å². The lowest BCUT2D eigenvalue weighted by Crippen LogP contribution is -2.59. The van der Waals surface area contributed by atoms with E-state index in [4.69, 9.17) is 0 Å². The highest BCUT2D eigenvalue weighted by atomic mass is 79.9. The molecule has 1 aromatic rings.